The zero-order valence-electron chi connectivity index (χ0n) is 13.1. The molecule has 0 saturated heterocycles. The van der Waals surface area contributed by atoms with Crippen LogP contribution in [0.5, 0.6) is 0 Å². The van der Waals surface area contributed by atoms with Crippen LogP contribution in [0.15, 0.2) is 0 Å². The van der Waals surface area contributed by atoms with Crippen molar-refractivity contribution in [3.8, 4) is 0 Å². The van der Waals surface area contributed by atoms with Crippen molar-refractivity contribution in [1.29, 1.82) is 0 Å². The zero-order chi connectivity index (χ0) is 13.8. The molecule has 1 saturated carbocycles. The predicted octanol–water partition coefficient (Wildman–Crippen LogP) is 3.59. The van der Waals surface area contributed by atoms with E-state index in [-0.39, 0.29) is 0 Å². The van der Waals surface area contributed by atoms with Gasteiger partial charge in [-0.3, -0.25) is 0 Å². The molecular weight excluding hydrogens is 222 g/mol. The average molecular weight is 255 g/mol. The molecule has 0 spiro atoms. The quantitative estimate of drug-likeness (QED) is 0.711. The summed E-state index contributed by atoms with van der Waals surface area (Å²) >= 11 is 0. The number of hydrogen-bond donors (Lipinski definition) is 2. The lowest BCUT2D eigenvalue weighted by Gasteiger charge is -2.45. The first kappa shape index (κ1) is 16.0. The van der Waals surface area contributed by atoms with E-state index in [0.29, 0.717) is 29.4 Å². The Hall–Kier alpha value is -0.0800. The van der Waals surface area contributed by atoms with E-state index in [4.69, 9.17) is 5.11 Å². The van der Waals surface area contributed by atoms with Crippen molar-refractivity contribution in [2.45, 2.75) is 72.8 Å². The Morgan fingerprint density at radius 3 is 2.22 bits per heavy atom. The van der Waals surface area contributed by atoms with E-state index in [9.17, 15) is 0 Å². The van der Waals surface area contributed by atoms with E-state index < -0.39 is 0 Å². The number of hydrogen-bond acceptors (Lipinski definition) is 2. The van der Waals surface area contributed by atoms with E-state index in [1.807, 2.05) is 0 Å². The van der Waals surface area contributed by atoms with Crippen LogP contribution in [0.25, 0.3) is 0 Å². The second-order valence-corrected chi connectivity index (χ2v) is 7.99. The van der Waals surface area contributed by atoms with Gasteiger partial charge in [-0.05, 0) is 55.4 Å². The van der Waals surface area contributed by atoms with E-state index in [0.717, 1.165) is 13.0 Å². The van der Waals surface area contributed by atoms with Crippen molar-refractivity contribution in [3.63, 3.8) is 0 Å². The summed E-state index contributed by atoms with van der Waals surface area (Å²) in [7, 11) is 0. The first-order chi connectivity index (χ1) is 8.24. The minimum absolute atomic E-state index is 0.323. The molecule has 2 nitrogen and oxygen atoms in total. The third kappa shape index (κ3) is 5.71. The predicted molar refractivity (Wildman–Crippen MR) is 78.7 cm³/mol. The Morgan fingerprint density at radius 2 is 1.72 bits per heavy atom. The van der Waals surface area contributed by atoms with E-state index >= 15 is 0 Å². The summed E-state index contributed by atoms with van der Waals surface area (Å²) in [6.45, 7) is 13.1. The van der Waals surface area contributed by atoms with Gasteiger partial charge in [-0.15, -0.1) is 0 Å². The van der Waals surface area contributed by atoms with Gasteiger partial charge in [0, 0.05) is 12.6 Å². The normalized spacial score (nSPS) is 25.0. The molecule has 1 aliphatic carbocycles. The highest BCUT2D eigenvalue weighted by Gasteiger charge is 2.37. The van der Waals surface area contributed by atoms with Gasteiger partial charge in [-0.1, -0.05) is 34.6 Å². The second kappa shape index (κ2) is 6.38. The molecule has 0 aromatic carbocycles. The maximum Gasteiger partial charge on any atom is 0.0456 e. The summed E-state index contributed by atoms with van der Waals surface area (Å²) in [6, 6.07) is 0.674. The van der Waals surface area contributed by atoms with Crippen LogP contribution in [0.2, 0.25) is 0 Å². The molecule has 0 bridgehead atoms. The monoisotopic (exact) mass is 255 g/mol. The first-order valence-corrected chi connectivity index (χ1v) is 7.58. The van der Waals surface area contributed by atoms with Crippen molar-refractivity contribution in [3.05, 3.63) is 0 Å². The standard InChI is InChI=1S/C16H33NO/c1-13(11-18)7-6-8-17-14-9-15(2,3)12-16(4,5)10-14/h13-14,17-18H,6-12H2,1-5H3. The fourth-order valence-electron chi connectivity index (χ4n) is 3.84. The number of aliphatic hydroxyl groups excluding tert-OH is 1. The molecule has 0 aromatic rings. The van der Waals surface area contributed by atoms with Gasteiger partial charge < -0.3 is 10.4 Å². The summed E-state index contributed by atoms with van der Waals surface area (Å²) in [5.41, 5.74) is 0.940. The molecule has 1 aliphatic rings. The van der Waals surface area contributed by atoms with E-state index in [1.54, 1.807) is 0 Å². The van der Waals surface area contributed by atoms with Crippen molar-refractivity contribution in [1.82, 2.24) is 5.32 Å². The van der Waals surface area contributed by atoms with Gasteiger partial charge in [0.25, 0.3) is 0 Å². The molecule has 1 fully saturated rings. The van der Waals surface area contributed by atoms with Crippen molar-refractivity contribution < 1.29 is 5.11 Å². The molecule has 1 unspecified atom stereocenters. The molecule has 0 aromatic heterocycles. The Labute approximate surface area is 114 Å². The van der Waals surface area contributed by atoms with Crippen LogP contribution in [-0.2, 0) is 0 Å². The summed E-state index contributed by atoms with van der Waals surface area (Å²) in [6.07, 6.45) is 6.24. The summed E-state index contributed by atoms with van der Waals surface area (Å²) in [4.78, 5) is 0. The van der Waals surface area contributed by atoms with Crippen LogP contribution in [-0.4, -0.2) is 24.3 Å². The van der Waals surface area contributed by atoms with Gasteiger partial charge in [0.2, 0.25) is 0 Å². The third-order valence-corrected chi connectivity index (χ3v) is 4.17. The largest absolute Gasteiger partial charge is 0.396 e. The van der Waals surface area contributed by atoms with Gasteiger partial charge in [0.05, 0.1) is 0 Å². The Balaban J connectivity index is 2.29. The lowest BCUT2D eigenvalue weighted by molar-refractivity contribution is 0.0848. The minimum atomic E-state index is 0.323. The lowest BCUT2D eigenvalue weighted by Crippen LogP contribution is -2.44. The first-order valence-electron chi connectivity index (χ1n) is 7.58. The molecule has 108 valence electrons. The fourth-order valence-corrected chi connectivity index (χ4v) is 3.84. The van der Waals surface area contributed by atoms with E-state index in [1.165, 1.54) is 25.7 Å². The number of rotatable bonds is 6. The fraction of sp³-hybridized carbons (Fsp3) is 1.00. The van der Waals surface area contributed by atoms with Crippen LogP contribution < -0.4 is 5.32 Å². The molecule has 0 radical (unpaired) electrons. The maximum atomic E-state index is 9.00. The summed E-state index contributed by atoms with van der Waals surface area (Å²) in [5.74, 6) is 0.450. The maximum absolute atomic E-state index is 9.00. The van der Waals surface area contributed by atoms with Crippen LogP contribution in [0, 0.1) is 16.7 Å². The number of nitrogens with one attached hydrogen (secondary N) is 1. The van der Waals surface area contributed by atoms with Gasteiger partial charge in [0.15, 0.2) is 0 Å². The lowest BCUT2D eigenvalue weighted by atomic mass is 9.63. The van der Waals surface area contributed by atoms with Crippen molar-refractivity contribution in [2.75, 3.05) is 13.2 Å². The molecule has 2 N–H and O–H groups in total. The highest BCUT2D eigenvalue weighted by atomic mass is 16.3. The Morgan fingerprint density at radius 1 is 1.17 bits per heavy atom. The second-order valence-electron chi connectivity index (χ2n) is 7.99. The summed E-state index contributed by atoms with van der Waals surface area (Å²) in [5, 5.41) is 12.7. The molecular formula is C16H33NO. The van der Waals surface area contributed by atoms with Crippen molar-refractivity contribution >= 4 is 0 Å². The van der Waals surface area contributed by atoms with Crippen LogP contribution in [0.1, 0.15) is 66.7 Å². The van der Waals surface area contributed by atoms with Gasteiger partial charge in [-0.25, -0.2) is 0 Å². The molecule has 0 aliphatic heterocycles. The van der Waals surface area contributed by atoms with Crippen LogP contribution >= 0.6 is 0 Å². The highest BCUT2D eigenvalue weighted by molar-refractivity contribution is 4.92. The van der Waals surface area contributed by atoms with Crippen LogP contribution in [0.4, 0.5) is 0 Å². The Kier molecular flexibility index (Phi) is 5.67. The SMILES string of the molecule is CC(CO)CCCNC1CC(C)(C)CC(C)(C)C1. The van der Waals surface area contributed by atoms with Crippen LogP contribution in [0.3, 0.4) is 0 Å². The zero-order valence-corrected chi connectivity index (χ0v) is 13.1. The highest BCUT2D eigenvalue weighted by Crippen LogP contribution is 2.45. The molecule has 1 rings (SSSR count). The molecule has 2 heteroatoms. The average Bonchev–Trinajstić information content (AvgIpc) is 2.19. The topological polar surface area (TPSA) is 32.3 Å². The number of aliphatic hydroxyl groups is 1. The minimum Gasteiger partial charge on any atom is -0.396 e. The smallest absolute Gasteiger partial charge is 0.0456 e. The molecule has 0 heterocycles. The van der Waals surface area contributed by atoms with Gasteiger partial charge >= 0.3 is 0 Å². The van der Waals surface area contributed by atoms with Gasteiger partial charge in [-0.2, -0.15) is 0 Å². The van der Waals surface area contributed by atoms with Gasteiger partial charge in [0.1, 0.15) is 0 Å². The molecule has 1 atom stereocenters. The summed E-state index contributed by atoms with van der Waals surface area (Å²) < 4.78 is 0. The van der Waals surface area contributed by atoms with Crippen molar-refractivity contribution in [2.24, 2.45) is 16.7 Å². The molecule has 18 heavy (non-hydrogen) atoms. The van der Waals surface area contributed by atoms with E-state index in [2.05, 4.69) is 39.9 Å². The third-order valence-electron chi connectivity index (χ3n) is 4.17. The molecule has 0 amide bonds. The Bertz CT molecular complexity index is 231.